The Balaban J connectivity index is 1.44. The van der Waals surface area contributed by atoms with Crippen LogP contribution in [0.3, 0.4) is 0 Å². The van der Waals surface area contributed by atoms with E-state index in [1.807, 2.05) is 61.5 Å². The summed E-state index contributed by atoms with van der Waals surface area (Å²) in [6, 6.07) is 20.7. The Hall–Kier alpha value is -3.46. The molecule has 1 aromatic heterocycles. The van der Waals surface area contributed by atoms with Gasteiger partial charge >= 0.3 is 0 Å². The number of pyridine rings is 1. The average molecular weight is 565 g/mol. The van der Waals surface area contributed by atoms with Crippen molar-refractivity contribution in [2.75, 3.05) is 31.5 Å². The summed E-state index contributed by atoms with van der Waals surface area (Å²) in [5.74, 6) is -0.359. The van der Waals surface area contributed by atoms with E-state index >= 15 is 0 Å². The number of carbonyl (C=O) groups is 1. The molecule has 1 heterocycles. The minimum absolute atomic E-state index is 0.191. The van der Waals surface area contributed by atoms with Crippen molar-refractivity contribution >= 4 is 44.1 Å². The van der Waals surface area contributed by atoms with Gasteiger partial charge in [-0.1, -0.05) is 59.6 Å². The molecular formula is C30H33ClN4O3S. The van der Waals surface area contributed by atoms with E-state index in [2.05, 4.69) is 15.6 Å². The molecule has 0 saturated heterocycles. The molecule has 0 unspecified atom stereocenters. The van der Waals surface area contributed by atoms with Gasteiger partial charge in [-0.25, -0.2) is 8.42 Å². The first kappa shape index (κ1) is 28.5. The molecule has 7 nitrogen and oxygen atoms in total. The molecule has 0 aliphatic rings. The molecule has 2 N–H and O–H groups in total. The Morgan fingerprint density at radius 1 is 0.949 bits per heavy atom. The van der Waals surface area contributed by atoms with Crippen LogP contribution in [0.2, 0.25) is 5.02 Å². The molecule has 0 aliphatic heterocycles. The summed E-state index contributed by atoms with van der Waals surface area (Å²) < 4.78 is 28.9. The minimum atomic E-state index is -3.91. The normalized spacial score (nSPS) is 11.6. The van der Waals surface area contributed by atoms with Crippen LogP contribution >= 0.6 is 11.6 Å². The van der Waals surface area contributed by atoms with Crippen LogP contribution in [0.4, 0.5) is 5.69 Å². The third-order valence-corrected chi connectivity index (χ3v) is 8.87. The largest absolute Gasteiger partial charge is 0.383 e. The SMILES string of the molecule is Cc1cc(C)c(S(=O)(=O)N(CCc2ccccc2)CC(=O)NCCNc2ccnc3cc(Cl)ccc23)c(C)c1. The van der Waals surface area contributed by atoms with Crippen molar-refractivity contribution < 1.29 is 13.2 Å². The fourth-order valence-electron chi connectivity index (χ4n) is 4.78. The van der Waals surface area contributed by atoms with Crippen LogP contribution in [-0.2, 0) is 21.2 Å². The highest BCUT2D eigenvalue weighted by Crippen LogP contribution is 2.26. The summed E-state index contributed by atoms with van der Waals surface area (Å²) in [6.07, 6.45) is 2.20. The molecule has 0 aliphatic carbocycles. The van der Waals surface area contributed by atoms with Crippen LogP contribution in [0.15, 0.2) is 77.8 Å². The predicted octanol–water partition coefficient (Wildman–Crippen LogP) is 5.28. The van der Waals surface area contributed by atoms with Crippen molar-refractivity contribution in [2.45, 2.75) is 32.1 Å². The van der Waals surface area contributed by atoms with Gasteiger partial charge in [-0.05, 0) is 68.1 Å². The van der Waals surface area contributed by atoms with Crippen LogP contribution in [0.1, 0.15) is 22.3 Å². The molecule has 0 atom stereocenters. The molecule has 4 rings (SSSR count). The molecule has 4 aromatic rings. The number of hydrogen-bond donors (Lipinski definition) is 2. The number of nitrogens with one attached hydrogen (secondary N) is 2. The van der Waals surface area contributed by atoms with Gasteiger partial charge in [0.15, 0.2) is 0 Å². The topological polar surface area (TPSA) is 91.4 Å². The third-order valence-electron chi connectivity index (χ3n) is 6.48. The first-order valence-electron chi connectivity index (χ1n) is 12.8. The minimum Gasteiger partial charge on any atom is -0.383 e. The number of halogens is 1. The number of aryl methyl sites for hydroxylation is 3. The maximum absolute atomic E-state index is 13.8. The molecule has 3 aromatic carbocycles. The van der Waals surface area contributed by atoms with Crippen LogP contribution in [0.5, 0.6) is 0 Å². The summed E-state index contributed by atoms with van der Waals surface area (Å²) in [5, 5.41) is 7.70. The van der Waals surface area contributed by atoms with E-state index in [1.54, 1.807) is 32.2 Å². The number of fused-ring (bicyclic) bond motifs is 1. The van der Waals surface area contributed by atoms with Crippen LogP contribution in [-0.4, -0.2) is 49.8 Å². The molecule has 0 spiro atoms. The van der Waals surface area contributed by atoms with E-state index in [-0.39, 0.29) is 23.9 Å². The molecule has 0 fully saturated rings. The Morgan fingerprint density at radius 2 is 1.67 bits per heavy atom. The molecule has 39 heavy (non-hydrogen) atoms. The summed E-state index contributed by atoms with van der Waals surface area (Å²) >= 11 is 6.07. The number of carbonyl (C=O) groups excluding carboxylic acids is 1. The zero-order valence-corrected chi connectivity index (χ0v) is 23.9. The Kier molecular flexibility index (Phi) is 9.22. The molecule has 0 saturated carbocycles. The lowest BCUT2D eigenvalue weighted by Crippen LogP contribution is -2.43. The standard InChI is InChI=1S/C30H33ClN4O3S/c1-21-17-22(2)30(23(3)18-21)39(37,38)35(16-12-24-7-5-4-6-8-24)20-29(36)34-15-14-33-27-11-13-32-28-19-25(31)9-10-26(27)28/h4-11,13,17-19H,12,14-16,20H2,1-3H3,(H,32,33)(H,34,36). The van der Waals surface area contributed by atoms with Gasteiger partial charge in [0, 0.05) is 41.9 Å². The van der Waals surface area contributed by atoms with Crippen molar-refractivity contribution in [1.82, 2.24) is 14.6 Å². The number of hydrogen-bond acceptors (Lipinski definition) is 5. The van der Waals surface area contributed by atoms with Gasteiger partial charge in [0.25, 0.3) is 0 Å². The summed E-state index contributed by atoms with van der Waals surface area (Å²) in [4.78, 5) is 17.6. The van der Waals surface area contributed by atoms with Gasteiger partial charge in [-0.15, -0.1) is 0 Å². The van der Waals surface area contributed by atoms with Crippen molar-refractivity contribution in [3.63, 3.8) is 0 Å². The van der Waals surface area contributed by atoms with E-state index < -0.39 is 10.0 Å². The first-order chi connectivity index (χ1) is 18.6. The fraction of sp³-hybridized carbons (Fsp3) is 0.267. The average Bonchev–Trinajstić information content (AvgIpc) is 2.88. The quantitative estimate of drug-likeness (QED) is 0.242. The summed E-state index contributed by atoms with van der Waals surface area (Å²) in [7, 11) is -3.91. The van der Waals surface area contributed by atoms with Gasteiger partial charge in [0.1, 0.15) is 0 Å². The van der Waals surface area contributed by atoms with Crippen LogP contribution < -0.4 is 10.6 Å². The van der Waals surface area contributed by atoms with Gasteiger partial charge < -0.3 is 10.6 Å². The number of rotatable bonds is 11. The number of sulfonamides is 1. The number of anilines is 1. The summed E-state index contributed by atoms with van der Waals surface area (Å²) in [6.45, 7) is 6.24. The fourth-order valence-corrected chi connectivity index (χ4v) is 6.75. The van der Waals surface area contributed by atoms with Crippen molar-refractivity contribution in [3.8, 4) is 0 Å². The number of aromatic nitrogens is 1. The van der Waals surface area contributed by atoms with Crippen LogP contribution in [0.25, 0.3) is 10.9 Å². The Bertz CT molecular complexity index is 1550. The highest BCUT2D eigenvalue weighted by Gasteiger charge is 2.29. The zero-order valence-electron chi connectivity index (χ0n) is 22.4. The maximum Gasteiger partial charge on any atom is 0.244 e. The van der Waals surface area contributed by atoms with E-state index in [0.29, 0.717) is 35.7 Å². The molecule has 0 bridgehead atoms. The summed E-state index contributed by atoms with van der Waals surface area (Å²) in [5.41, 5.74) is 5.00. The monoisotopic (exact) mass is 564 g/mol. The van der Waals surface area contributed by atoms with Gasteiger partial charge in [0.05, 0.1) is 17.0 Å². The zero-order chi connectivity index (χ0) is 28.0. The maximum atomic E-state index is 13.8. The Labute approximate surface area is 235 Å². The van der Waals surface area contributed by atoms with E-state index in [4.69, 9.17) is 11.6 Å². The second kappa shape index (κ2) is 12.6. The van der Waals surface area contributed by atoms with Crippen molar-refractivity contribution in [2.24, 2.45) is 0 Å². The van der Waals surface area contributed by atoms with E-state index in [9.17, 15) is 13.2 Å². The number of benzene rings is 3. The third kappa shape index (κ3) is 7.15. The molecular weight excluding hydrogens is 532 g/mol. The second-order valence-electron chi connectivity index (χ2n) is 9.60. The Morgan fingerprint density at radius 3 is 2.38 bits per heavy atom. The molecule has 204 valence electrons. The van der Waals surface area contributed by atoms with E-state index in [0.717, 1.165) is 27.7 Å². The molecule has 9 heteroatoms. The highest BCUT2D eigenvalue weighted by molar-refractivity contribution is 7.89. The lowest BCUT2D eigenvalue weighted by Gasteiger charge is -2.24. The lowest BCUT2D eigenvalue weighted by atomic mass is 10.1. The molecule has 1 amide bonds. The van der Waals surface area contributed by atoms with Gasteiger partial charge in [-0.3, -0.25) is 9.78 Å². The van der Waals surface area contributed by atoms with Gasteiger partial charge in [0.2, 0.25) is 15.9 Å². The second-order valence-corrected chi connectivity index (χ2v) is 11.9. The lowest BCUT2D eigenvalue weighted by molar-refractivity contribution is -0.121. The first-order valence-corrected chi connectivity index (χ1v) is 14.6. The van der Waals surface area contributed by atoms with Crippen molar-refractivity contribution in [3.05, 3.63) is 100 Å². The molecule has 0 radical (unpaired) electrons. The highest BCUT2D eigenvalue weighted by atomic mass is 35.5. The predicted molar refractivity (Wildman–Crippen MR) is 158 cm³/mol. The van der Waals surface area contributed by atoms with E-state index in [1.165, 1.54) is 4.31 Å². The van der Waals surface area contributed by atoms with Crippen molar-refractivity contribution in [1.29, 1.82) is 0 Å². The van der Waals surface area contributed by atoms with Gasteiger partial charge in [-0.2, -0.15) is 4.31 Å². The van der Waals surface area contributed by atoms with Crippen LogP contribution in [0, 0.1) is 20.8 Å². The smallest absolute Gasteiger partial charge is 0.244 e. The number of amides is 1. The number of nitrogens with zero attached hydrogens (tertiary/aromatic N) is 2.